The molecule has 4 heteroatoms. The van der Waals surface area contributed by atoms with Crippen LogP contribution in [0.1, 0.15) is 38.7 Å². The van der Waals surface area contributed by atoms with E-state index >= 15 is 0 Å². The Bertz CT molecular complexity index is 485. The molecule has 98 valence electrons. The Morgan fingerprint density at radius 3 is 2.56 bits per heavy atom. The molecule has 1 N–H and O–H groups in total. The summed E-state index contributed by atoms with van der Waals surface area (Å²) in [5, 5.41) is 2.52. The van der Waals surface area contributed by atoms with Gasteiger partial charge in [-0.05, 0) is 29.9 Å². The molecule has 0 spiro atoms. The summed E-state index contributed by atoms with van der Waals surface area (Å²) < 4.78 is 26.8. The van der Waals surface area contributed by atoms with Crippen molar-refractivity contribution >= 4 is 11.6 Å². The van der Waals surface area contributed by atoms with Crippen molar-refractivity contribution in [3.63, 3.8) is 0 Å². The maximum Gasteiger partial charge on any atom is 0.232 e. The number of anilines is 1. The van der Waals surface area contributed by atoms with Gasteiger partial charge in [0, 0.05) is 6.07 Å². The Labute approximate surface area is 105 Å². The summed E-state index contributed by atoms with van der Waals surface area (Å²) in [5.41, 5.74) is 0.590. The lowest BCUT2D eigenvalue weighted by Crippen LogP contribution is -2.20. The van der Waals surface area contributed by atoms with E-state index in [0.29, 0.717) is 11.5 Å². The molecule has 2 rings (SSSR count). The van der Waals surface area contributed by atoms with Crippen molar-refractivity contribution in [2.75, 3.05) is 5.32 Å². The lowest BCUT2D eigenvalue weighted by molar-refractivity contribution is -0.118. The first-order valence-corrected chi connectivity index (χ1v) is 6.20. The summed E-state index contributed by atoms with van der Waals surface area (Å²) in [6, 6.07) is 2.06. The summed E-state index contributed by atoms with van der Waals surface area (Å²) in [4.78, 5) is 11.9. The zero-order chi connectivity index (χ0) is 13.4. The molecular weight excluding hydrogens is 236 g/mol. The van der Waals surface area contributed by atoms with Crippen molar-refractivity contribution in [3.8, 4) is 0 Å². The molecule has 1 amide bonds. The molecule has 2 nitrogen and oxygen atoms in total. The molecule has 1 aromatic rings. The number of amides is 1. The maximum absolute atomic E-state index is 13.6. The summed E-state index contributed by atoms with van der Waals surface area (Å²) in [5.74, 6) is -1.51. The van der Waals surface area contributed by atoms with Crippen LogP contribution in [0.3, 0.4) is 0 Å². The van der Waals surface area contributed by atoms with Crippen molar-refractivity contribution < 1.29 is 13.6 Å². The van der Waals surface area contributed by atoms with E-state index in [-0.39, 0.29) is 17.5 Å². The third-order valence-electron chi connectivity index (χ3n) is 3.36. The monoisotopic (exact) mass is 253 g/mol. The van der Waals surface area contributed by atoms with Gasteiger partial charge in [0.25, 0.3) is 0 Å². The minimum absolute atomic E-state index is 0.0625. The predicted molar refractivity (Wildman–Crippen MR) is 66.3 cm³/mol. The van der Waals surface area contributed by atoms with Crippen molar-refractivity contribution in [2.24, 2.45) is 11.8 Å². The van der Waals surface area contributed by atoms with Crippen LogP contribution in [0.15, 0.2) is 12.1 Å². The second-order valence-electron chi connectivity index (χ2n) is 5.43. The van der Waals surface area contributed by atoms with Gasteiger partial charge in [0.1, 0.15) is 11.6 Å². The normalized spacial score (nSPS) is 19.9. The highest BCUT2D eigenvalue weighted by molar-refractivity contribution is 6.03. The molecular formula is C14H17F2NO. The van der Waals surface area contributed by atoms with Crippen molar-refractivity contribution in [1.29, 1.82) is 0 Å². The van der Waals surface area contributed by atoms with Gasteiger partial charge in [-0.25, -0.2) is 8.78 Å². The number of rotatable bonds is 3. The van der Waals surface area contributed by atoms with E-state index in [4.69, 9.17) is 0 Å². The molecule has 0 aliphatic carbocycles. The fourth-order valence-electron chi connectivity index (χ4n) is 2.76. The largest absolute Gasteiger partial charge is 0.323 e. The molecule has 0 radical (unpaired) electrons. The topological polar surface area (TPSA) is 29.1 Å². The molecule has 0 bridgehead atoms. The fourth-order valence-corrected chi connectivity index (χ4v) is 2.76. The highest BCUT2D eigenvalue weighted by atomic mass is 19.1. The number of carbonyl (C=O) groups excluding carboxylic acids is 1. The van der Waals surface area contributed by atoms with Crippen molar-refractivity contribution in [2.45, 2.75) is 33.1 Å². The van der Waals surface area contributed by atoms with Crippen molar-refractivity contribution in [3.05, 3.63) is 29.3 Å². The molecule has 0 aromatic heterocycles. The summed E-state index contributed by atoms with van der Waals surface area (Å²) >= 11 is 0. The van der Waals surface area contributed by atoms with Crippen LogP contribution >= 0.6 is 0 Å². The van der Waals surface area contributed by atoms with Crippen molar-refractivity contribution in [1.82, 2.24) is 0 Å². The van der Waals surface area contributed by atoms with E-state index in [2.05, 4.69) is 19.2 Å². The molecule has 0 saturated carbocycles. The van der Waals surface area contributed by atoms with Crippen LogP contribution in [0.5, 0.6) is 0 Å². The maximum atomic E-state index is 13.6. The molecule has 1 aliphatic rings. The Balaban J connectivity index is 2.38. The van der Waals surface area contributed by atoms with Gasteiger partial charge in [-0.1, -0.05) is 20.8 Å². The number of carbonyl (C=O) groups is 1. The predicted octanol–water partition coefficient (Wildman–Crippen LogP) is 3.68. The van der Waals surface area contributed by atoms with E-state index in [1.165, 1.54) is 6.07 Å². The van der Waals surface area contributed by atoms with Crippen LogP contribution in [0.4, 0.5) is 14.5 Å². The minimum Gasteiger partial charge on any atom is -0.323 e. The zero-order valence-corrected chi connectivity index (χ0v) is 10.8. The number of fused-ring (bicyclic) bond motifs is 1. The van der Waals surface area contributed by atoms with Crippen LogP contribution in [-0.4, -0.2) is 5.91 Å². The Hall–Kier alpha value is -1.45. The molecule has 2 atom stereocenters. The highest BCUT2D eigenvalue weighted by Crippen LogP contribution is 2.41. The third-order valence-corrected chi connectivity index (χ3v) is 3.36. The standard InChI is InChI=1S/C14H17F2NO/c1-7(2)4-8(3)12-10-5-9(15)6-11(16)13(10)17-14(12)18/h5-8,12H,4H2,1-3H3,(H,17,18). The number of hydrogen-bond donors (Lipinski definition) is 1. The van der Waals surface area contributed by atoms with Crippen LogP contribution in [0.2, 0.25) is 0 Å². The molecule has 2 unspecified atom stereocenters. The van der Waals surface area contributed by atoms with E-state index in [1.807, 2.05) is 6.92 Å². The Morgan fingerprint density at radius 2 is 1.94 bits per heavy atom. The first kappa shape index (κ1) is 13.0. The molecule has 1 heterocycles. The summed E-state index contributed by atoms with van der Waals surface area (Å²) in [7, 11) is 0. The van der Waals surface area contributed by atoms with Crippen LogP contribution in [0.25, 0.3) is 0 Å². The van der Waals surface area contributed by atoms with Gasteiger partial charge in [0.15, 0.2) is 0 Å². The molecule has 18 heavy (non-hydrogen) atoms. The number of hydrogen-bond acceptors (Lipinski definition) is 1. The average molecular weight is 253 g/mol. The second-order valence-corrected chi connectivity index (χ2v) is 5.43. The third kappa shape index (κ3) is 2.24. The van der Waals surface area contributed by atoms with Gasteiger partial charge in [-0.15, -0.1) is 0 Å². The van der Waals surface area contributed by atoms with E-state index < -0.39 is 17.6 Å². The number of nitrogens with one attached hydrogen (secondary N) is 1. The zero-order valence-electron chi connectivity index (χ0n) is 10.8. The van der Waals surface area contributed by atoms with Crippen LogP contribution in [-0.2, 0) is 4.79 Å². The molecule has 0 fully saturated rings. The smallest absolute Gasteiger partial charge is 0.232 e. The first-order chi connectivity index (χ1) is 8.40. The molecule has 1 aliphatic heterocycles. The lowest BCUT2D eigenvalue weighted by atomic mass is 9.83. The quantitative estimate of drug-likeness (QED) is 0.874. The average Bonchev–Trinajstić information content (AvgIpc) is 2.53. The lowest BCUT2D eigenvalue weighted by Gasteiger charge is -2.19. The Morgan fingerprint density at radius 1 is 1.28 bits per heavy atom. The van der Waals surface area contributed by atoms with Gasteiger partial charge in [0.05, 0.1) is 11.6 Å². The van der Waals surface area contributed by atoms with Gasteiger partial charge in [-0.2, -0.15) is 0 Å². The van der Waals surface area contributed by atoms with E-state index in [1.54, 1.807) is 0 Å². The fraction of sp³-hybridized carbons (Fsp3) is 0.500. The summed E-state index contributed by atoms with van der Waals surface area (Å²) in [6.07, 6.45) is 0.843. The molecule has 0 saturated heterocycles. The Kier molecular flexibility index (Phi) is 3.37. The minimum atomic E-state index is -0.697. The van der Waals surface area contributed by atoms with E-state index in [9.17, 15) is 13.6 Å². The number of halogens is 2. The molecule has 1 aromatic carbocycles. The van der Waals surface area contributed by atoms with Gasteiger partial charge >= 0.3 is 0 Å². The highest BCUT2D eigenvalue weighted by Gasteiger charge is 2.36. The van der Waals surface area contributed by atoms with Crippen LogP contribution in [0, 0.1) is 23.5 Å². The van der Waals surface area contributed by atoms with E-state index in [0.717, 1.165) is 12.5 Å². The second kappa shape index (κ2) is 4.67. The summed E-state index contributed by atoms with van der Waals surface area (Å²) in [6.45, 7) is 6.08. The SMILES string of the molecule is CC(C)CC(C)C1C(=O)Nc2c(F)cc(F)cc21. The van der Waals surface area contributed by atoms with Gasteiger partial charge in [0.2, 0.25) is 5.91 Å². The van der Waals surface area contributed by atoms with Crippen LogP contribution < -0.4 is 5.32 Å². The van der Waals surface area contributed by atoms with Gasteiger partial charge in [-0.3, -0.25) is 4.79 Å². The first-order valence-electron chi connectivity index (χ1n) is 6.20. The number of benzene rings is 1. The van der Waals surface area contributed by atoms with Gasteiger partial charge < -0.3 is 5.32 Å².